The molecule has 1 amide bonds. The SMILES string of the molecule is CC(C)c1cc(C(=O)NCc2cccnc2N2CCOCC2)c2cnn(C(C)C)c2n1. The quantitative estimate of drug-likeness (QED) is 0.656. The number of pyridine rings is 2. The van der Waals surface area contributed by atoms with Crippen LogP contribution in [0.1, 0.15) is 61.3 Å². The van der Waals surface area contributed by atoms with E-state index in [2.05, 4.69) is 48.0 Å². The van der Waals surface area contributed by atoms with Crippen LogP contribution in [0.15, 0.2) is 30.6 Å². The number of nitrogens with zero attached hydrogens (tertiary/aromatic N) is 5. The van der Waals surface area contributed by atoms with E-state index < -0.39 is 0 Å². The first kappa shape index (κ1) is 21.2. The number of nitrogens with one attached hydrogen (secondary N) is 1. The van der Waals surface area contributed by atoms with Crippen molar-refractivity contribution in [1.82, 2.24) is 25.1 Å². The molecule has 1 aliphatic heterocycles. The van der Waals surface area contributed by atoms with E-state index in [0.717, 1.165) is 41.2 Å². The van der Waals surface area contributed by atoms with Crippen LogP contribution in [0.2, 0.25) is 0 Å². The lowest BCUT2D eigenvalue weighted by Crippen LogP contribution is -2.37. The van der Waals surface area contributed by atoms with Crippen LogP contribution in [-0.2, 0) is 11.3 Å². The molecule has 31 heavy (non-hydrogen) atoms. The van der Waals surface area contributed by atoms with Crippen LogP contribution in [0.5, 0.6) is 0 Å². The first-order chi connectivity index (χ1) is 15.0. The molecule has 0 aliphatic carbocycles. The molecule has 0 radical (unpaired) electrons. The zero-order chi connectivity index (χ0) is 22.0. The van der Waals surface area contributed by atoms with E-state index in [9.17, 15) is 4.79 Å². The molecule has 0 atom stereocenters. The molecule has 4 rings (SSSR count). The second-order valence-electron chi connectivity index (χ2n) is 8.44. The summed E-state index contributed by atoms with van der Waals surface area (Å²) in [5.74, 6) is 0.980. The molecular formula is C23H30N6O2. The van der Waals surface area contributed by atoms with Gasteiger partial charge in [0.25, 0.3) is 5.91 Å². The second kappa shape index (κ2) is 9.01. The minimum absolute atomic E-state index is 0.130. The number of ether oxygens (including phenoxy) is 1. The smallest absolute Gasteiger partial charge is 0.252 e. The van der Waals surface area contributed by atoms with Crippen LogP contribution in [0.4, 0.5) is 5.82 Å². The number of aromatic nitrogens is 4. The molecular weight excluding hydrogens is 392 g/mol. The Balaban J connectivity index is 1.61. The summed E-state index contributed by atoms with van der Waals surface area (Å²) in [5, 5.41) is 8.34. The molecule has 8 heteroatoms. The Morgan fingerprint density at radius 2 is 2.00 bits per heavy atom. The summed E-state index contributed by atoms with van der Waals surface area (Å²) in [5.41, 5.74) is 3.24. The molecule has 1 N–H and O–H groups in total. The largest absolute Gasteiger partial charge is 0.378 e. The van der Waals surface area contributed by atoms with Crippen molar-refractivity contribution in [3.05, 3.63) is 47.4 Å². The van der Waals surface area contributed by atoms with Gasteiger partial charge >= 0.3 is 0 Å². The van der Waals surface area contributed by atoms with Gasteiger partial charge in [-0.2, -0.15) is 5.10 Å². The van der Waals surface area contributed by atoms with E-state index in [1.807, 2.05) is 22.9 Å². The van der Waals surface area contributed by atoms with Gasteiger partial charge in [-0.1, -0.05) is 19.9 Å². The molecule has 3 aromatic rings. The number of carbonyl (C=O) groups is 1. The normalized spacial score (nSPS) is 14.6. The molecule has 0 bridgehead atoms. The monoisotopic (exact) mass is 422 g/mol. The van der Waals surface area contributed by atoms with Crippen LogP contribution in [0.3, 0.4) is 0 Å². The molecule has 0 unspecified atom stereocenters. The summed E-state index contributed by atoms with van der Waals surface area (Å²) >= 11 is 0. The fraction of sp³-hybridized carbons (Fsp3) is 0.478. The maximum absolute atomic E-state index is 13.2. The van der Waals surface area contributed by atoms with Crippen LogP contribution < -0.4 is 10.2 Å². The highest BCUT2D eigenvalue weighted by atomic mass is 16.5. The Labute approximate surface area is 182 Å². The fourth-order valence-electron chi connectivity index (χ4n) is 3.80. The van der Waals surface area contributed by atoms with Crippen LogP contribution in [0, 0.1) is 0 Å². The maximum Gasteiger partial charge on any atom is 0.252 e. The topological polar surface area (TPSA) is 85.2 Å². The van der Waals surface area contributed by atoms with Gasteiger partial charge in [-0.3, -0.25) is 4.79 Å². The third-order valence-electron chi connectivity index (χ3n) is 5.53. The van der Waals surface area contributed by atoms with Crippen LogP contribution >= 0.6 is 0 Å². The van der Waals surface area contributed by atoms with Gasteiger partial charge in [0, 0.05) is 43.1 Å². The molecule has 1 aliphatic rings. The van der Waals surface area contributed by atoms with E-state index in [1.54, 1.807) is 12.4 Å². The number of morpholine rings is 1. The summed E-state index contributed by atoms with van der Waals surface area (Å²) in [6, 6.07) is 5.96. The Bertz CT molecular complexity index is 1070. The van der Waals surface area contributed by atoms with Gasteiger partial charge in [-0.25, -0.2) is 14.6 Å². The number of hydrogen-bond donors (Lipinski definition) is 1. The average Bonchev–Trinajstić information content (AvgIpc) is 3.22. The molecule has 0 aromatic carbocycles. The van der Waals surface area contributed by atoms with E-state index in [4.69, 9.17) is 9.72 Å². The van der Waals surface area contributed by atoms with Gasteiger partial charge in [0.15, 0.2) is 5.65 Å². The molecule has 1 fully saturated rings. The van der Waals surface area contributed by atoms with E-state index in [0.29, 0.717) is 25.3 Å². The minimum Gasteiger partial charge on any atom is -0.378 e. The van der Waals surface area contributed by atoms with Crippen molar-refractivity contribution in [3.63, 3.8) is 0 Å². The number of anilines is 1. The zero-order valence-electron chi connectivity index (χ0n) is 18.6. The number of carbonyl (C=O) groups excluding carboxylic acids is 1. The fourth-order valence-corrected chi connectivity index (χ4v) is 3.80. The number of amides is 1. The lowest BCUT2D eigenvalue weighted by atomic mass is 10.0. The Kier molecular flexibility index (Phi) is 6.18. The molecule has 164 valence electrons. The summed E-state index contributed by atoms with van der Waals surface area (Å²) in [7, 11) is 0. The Hall–Kier alpha value is -3.00. The molecule has 0 saturated carbocycles. The van der Waals surface area contributed by atoms with Gasteiger partial charge in [0.2, 0.25) is 0 Å². The minimum atomic E-state index is -0.130. The maximum atomic E-state index is 13.2. The third kappa shape index (κ3) is 4.39. The highest BCUT2D eigenvalue weighted by Gasteiger charge is 2.20. The molecule has 0 spiro atoms. The first-order valence-electron chi connectivity index (χ1n) is 10.9. The Morgan fingerprint density at radius 1 is 1.23 bits per heavy atom. The highest BCUT2D eigenvalue weighted by molar-refractivity contribution is 6.05. The van der Waals surface area contributed by atoms with Crippen molar-refractivity contribution in [2.75, 3.05) is 31.2 Å². The molecule has 8 nitrogen and oxygen atoms in total. The number of fused-ring (bicyclic) bond motifs is 1. The lowest BCUT2D eigenvalue weighted by Gasteiger charge is -2.29. The second-order valence-corrected chi connectivity index (χ2v) is 8.44. The number of hydrogen-bond acceptors (Lipinski definition) is 6. The predicted octanol–water partition coefficient (Wildman–Crippen LogP) is 3.30. The van der Waals surface area contributed by atoms with E-state index in [1.165, 1.54) is 0 Å². The van der Waals surface area contributed by atoms with Gasteiger partial charge in [-0.15, -0.1) is 0 Å². The van der Waals surface area contributed by atoms with E-state index in [-0.39, 0.29) is 17.9 Å². The Morgan fingerprint density at radius 3 is 2.71 bits per heavy atom. The highest BCUT2D eigenvalue weighted by Crippen LogP contribution is 2.25. The van der Waals surface area contributed by atoms with Crippen LogP contribution in [0.25, 0.3) is 11.0 Å². The van der Waals surface area contributed by atoms with Crippen molar-refractivity contribution in [2.24, 2.45) is 0 Å². The van der Waals surface area contributed by atoms with Gasteiger partial charge in [-0.05, 0) is 31.9 Å². The van der Waals surface area contributed by atoms with Gasteiger partial charge in [0.1, 0.15) is 5.82 Å². The van der Waals surface area contributed by atoms with Crippen molar-refractivity contribution >= 4 is 22.8 Å². The van der Waals surface area contributed by atoms with Crippen LogP contribution in [-0.4, -0.2) is 52.0 Å². The molecule has 3 aromatic heterocycles. The summed E-state index contributed by atoms with van der Waals surface area (Å²) in [6.45, 7) is 11.7. The molecule has 1 saturated heterocycles. The van der Waals surface area contributed by atoms with Crippen molar-refractivity contribution in [2.45, 2.75) is 46.2 Å². The predicted molar refractivity (Wildman–Crippen MR) is 120 cm³/mol. The van der Waals surface area contributed by atoms with E-state index >= 15 is 0 Å². The summed E-state index contributed by atoms with van der Waals surface area (Å²) < 4.78 is 7.32. The van der Waals surface area contributed by atoms with Crippen molar-refractivity contribution in [1.29, 1.82) is 0 Å². The lowest BCUT2D eigenvalue weighted by molar-refractivity contribution is 0.0952. The van der Waals surface area contributed by atoms with Crippen molar-refractivity contribution in [3.8, 4) is 0 Å². The number of rotatable bonds is 6. The first-order valence-corrected chi connectivity index (χ1v) is 10.9. The van der Waals surface area contributed by atoms with Gasteiger partial charge in [0.05, 0.1) is 30.4 Å². The third-order valence-corrected chi connectivity index (χ3v) is 5.53. The standard InChI is InChI=1S/C23H30N6O2/c1-15(2)20-12-18(19-14-26-29(16(3)4)22(19)27-20)23(30)25-13-17-6-5-7-24-21(17)28-8-10-31-11-9-28/h5-7,12,14-16H,8-11,13H2,1-4H3,(H,25,30). The van der Waals surface area contributed by atoms with Gasteiger partial charge < -0.3 is 15.0 Å². The van der Waals surface area contributed by atoms with Crippen molar-refractivity contribution < 1.29 is 9.53 Å². The average molecular weight is 423 g/mol. The summed E-state index contributed by atoms with van der Waals surface area (Å²) in [4.78, 5) is 24.8. The zero-order valence-corrected chi connectivity index (χ0v) is 18.6. The summed E-state index contributed by atoms with van der Waals surface area (Å²) in [6.07, 6.45) is 3.53. The molecule has 4 heterocycles.